The summed E-state index contributed by atoms with van der Waals surface area (Å²) in [6.45, 7) is 6.17. The van der Waals surface area contributed by atoms with Crippen LogP contribution >= 0.6 is 0 Å². The second-order valence-electron chi connectivity index (χ2n) is 9.49. The van der Waals surface area contributed by atoms with Crippen LogP contribution in [0.25, 0.3) is 0 Å². The second kappa shape index (κ2) is 8.75. The van der Waals surface area contributed by atoms with Crippen molar-refractivity contribution in [3.8, 4) is 0 Å². The molecule has 9 heteroatoms. The van der Waals surface area contributed by atoms with Crippen molar-refractivity contribution in [2.45, 2.75) is 71.1 Å². The quantitative estimate of drug-likeness (QED) is 0.633. The predicted octanol–water partition coefficient (Wildman–Crippen LogP) is 4.24. The average Bonchev–Trinajstić information content (AvgIpc) is 2.96. The lowest BCUT2D eigenvalue weighted by atomic mass is 9.65. The first-order valence-corrected chi connectivity index (χ1v) is 10.9. The standard InChI is InChI=1S/C23H30F3N3O3/c1-4-21(2,3)16-9-11-22(12-10-16)19(31)29(20(32)28-22)14-18(30)27-13-15-5-7-17(8-6-15)23(24,25)26/h5-8,16H,4,9-14H2,1-3H3,(H,27,30)(H,28,32). The number of nitrogens with zero attached hydrogens (tertiary/aromatic N) is 1. The van der Waals surface area contributed by atoms with Crippen molar-refractivity contribution in [1.29, 1.82) is 0 Å². The van der Waals surface area contributed by atoms with E-state index in [9.17, 15) is 27.6 Å². The molecule has 1 spiro atoms. The highest BCUT2D eigenvalue weighted by Crippen LogP contribution is 2.45. The van der Waals surface area contributed by atoms with Crippen LogP contribution < -0.4 is 10.6 Å². The Morgan fingerprint density at radius 1 is 1.16 bits per heavy atom. The van der Waals surface area contributed by atoms with E-state index >= 15 is 0 Å². The summed E-state index contributed by atoms with van der Waals surface area (Å²) >= 11 is 0. The SMILES string of the molecule is CCC(C)(C)C1CCC2(CC1)NC(=O)N(CC(=O)NCc1ccc(C(F)(F)F)cc1)C2=O. The lowest BCUT2D eigenvalue weighted by molar-refractivity contribution is -0.137. The molecular formula is C23H30F3N3O3. The van der Waals surface area contributed by atoms with Gasteiger partial charge in [0.05, 0.1) is 5.56 Å². The van der Waals surface area contributed by atoms with E-state index < -0.39 is 35.8 Å². The summed E-state index contributed by atoms with van der Waals surface area (Å²) in [7, 11) is 0. The molecule has 1 saturated heterocycles. The van der Waals surface area contributed by atoms with Crippen molar-refractivity contribution in [3.05, 3.63) is 35.4 Å². The van der Waals surface area contributed by atoms with E-state index in [1.54, 1.807) is 0 Å². The largest absolute Gasteiger partial charge is 0.416 e. The van der Waals surface area contributed by atoms with Gasteiger partial charge in [-0.2, -0.15) is 13.2 Å². The molecule has 1 heterocycles. The van der Waals surface area contributed by atoms with E-state index in [2.05, 4.69) is 31.4 Å². The van der Waals surface area contributed by atoms with Crippen molar-refractivity contribution in [2.24, 2.45) is 11.3 Å². The number of hydrogen-bond acceptors (Lipinski definition) is 3. The van der Waals surface area contributed by atoms with Gasteiger partial charge in [-0.15, -0.1) is 0 Å². The van der Waals surface area contributed by atoms with E-state index in [0.29, 0.717) is 24.3 Å². The molecule has 0 unspecified atom stereocenters. The van der Waals surface area contributed by atoms with Crippen molar-refractivity contribution in [3.63, 3.8) is 0 Å². The Balaban J connectivity index is 1.55. The molecule has 4 amide bonds. The number of nitrogens with one attached hydrogen (secondary N) is 2. The highest BCUT2D eigenvalue weighted by molar-refractivity contribution is 6.09. The monoisotopic (exact) mass is 453 g/mol. The number of halogens is 3. The summed E-state index contributed by atoms with van der Waals surface area (Å²) in [4.78, 5) is 38.7. The molecule has 1 aliphatic carbocycles. The molecule has 2 N–H and O–H groups in total. The molecule has 1 aromatic carbocycles. The van der Waals surface area contributed by atoms with E-state index in [1.807, 2.05) is 0 Å². The first kappa shape index (κ1) is 24.1. The van der Waals surface area contributed by atoms with Crippen LogP contribution in [-0.2, 0) is 22.3 Å². The molecule has 3 rings (SSSR count). The lowest BCUT2D eigenvalue weighted by Crippen LogP contribution is -2.51. The van der Waals surface area contributed by atoms with Crippen LogP contribution in [0.1, 0.15) is 64.0 Å². The number of benzene rings is 1. The Bertz CT molecular complexity index is 873. The van der Waals surface area contributed by atoms with Gasteiger partial charge in [-0.05, 0) is 54.7 Å². The van der Waals surface area contributed by atoms with Crippen molar-refractivity contribution in [2.75, 3.05) is 6.54 Å². The molecule has 0 bridgehead atoms. The van der Waals surface area contributed by atoms with Gasteiger partial charge < -0.3 is 10.6 Å². The van der Waals surface area contributed by atoms with E-state index in [1.165, 1.54) is 12.1 Å². The number of carbonyl (C=O) groups excluding carboxylic acids is 3. The molecule has 0 atom stereocenters. The third-order valence-corrected chi connectivity index (χ3v) is 7.17. The van der Waals surface area contributed by atoms with Crippen molar-refractivity contribution < 1.29 is 27.6 Å². The van der Waals surface area contributed by atoms with Crippen molar-refractivity contribution >= 4 is 17.8 Å². The van der Waals surface area contributed by atoms with Gasteiger partial charge in [0.1, 0.15) is 12.1 Å². The topological polar surface area (TPSA) is 78.5 Å². The van der Waals surface area contributed by atoms with Gasteiger partial charge in [0.25, 0.3) is 5.91 Å². The third-order valence-electron chi connectivity index (χ3n) is 7.17. The molecule has 1 aliphatic heterocycles. The Morgan fingerprint density at radius 3 is 2.28 bits per heavy atom. The summed E-state index contributed by atoms with van der Waals surface area (Å²) in [5, 5.41) is 5.37. The maximum Gasteiger partial charge on any atom is 0.416 e. The summed E-state index contributed by atoms with van der Waals surface area (Å²) in [5.74, 6) is -0.449. The normalized spacial score (nSPS) is 24.1. The van der Waals surface area contributed by atoms with Crippen LogP contribution in [0.3, 0.4) is 0 Å². The number of amides is 4. The third kappa shape index (κ3) is 4.91. The number of rotatable bonds is 6. The van der Waals surface area contributed by atoms with E-state index in [0.717, 1.165) is 36.3 Å². The van der Waals surface area contributed by atoms with Crippen molar-refractivity contribution in [1.82, 2.24) is 15.5 Å². The fourth-order valence-electron chi connectivity index (χ4n) is 4.55. The van der Waals surface area contributed by atoms with Gasteiger partial charge in [0.15, 0.2) is 0 Å². The first-order chi connectivity index (χ1) is 14.9. The summed E-state index contributed by atoms with van der Waals surface area (Å²) in [6, 6.07) is 3.87. The Hall–Kier alpha value is -2.58. The lowest BCUT2D eigenvalue weighted by Gasteiger charge is -2.42. The van der Waals surface area contributed by atoms with Crippen LogP contribution in [0.4, 0.5) is 18.0 Å². The molecule has 1 saturated carbocycles. The van der Waals surface area contributed by atoms with Gasteiger partial charge in [0, 0.05) is 6.54 Å². The zero-order valence-electron chi connectivity index (χ0n) is 18.6. The van der Waals surface area contributed by atoms with Gasteiger partial charge in [0.2, 0.25) is 5.91 Å². The second-order valence-corrected chi connectivity index (χ2v) is 9.49. The molecule has 32 heavy (non-hydrogen) atoms. The zero-order chi connectivity index (χ0) is 23.7. The minimum Gasteiger partial charge on any atom is -0.350 e. The van der Waals surface area contributed by atoms with Gasteiger partial charge in [-0.3, -0.25) is 14.5 Å². The minimum atomic E-state index is -4.42. The molecule has 2 fully saturated rings. The number of carbonyl (C=O) groups is 3. The highest BCUT2D eigenvalue weighted by atomic mass is 19.4. The number of urea groups is 1. The number of imide groups is 1. The van der Waals surface area contributed by atoms with Crippen LogP contribution in [0.15, 0.2) is 24.3 Å². The van der Waals surface area contributed by atoms with E-state index in [-0.39, 0.29) is 17.9 Å². The highest BCUT2D eigenvalue weighted by Gasteiger charge is 2.53. The Morgan fingerprint density at radius 2 is 1.75 bits per heavy atom. The smallest absolute Gasteiger partial charge is 0.350 e. The molecule has 176 valence electrons. The van der Waals surface area contributed by atoms with Gasteiger partial charge in [-0.25, -0.2) is 4.79 Å². The Kier molecular flexibility index (Phi) is 6.58. The fourth-order valence-corrected chi connectivity index (χ4v) is 4.55. The maximum absolute atomic E-state index is 13.0. The minimum absolute atomic E-state index is 0.000453. The molecule has 0 radical (unpaired) electrons. The first-order valence-electron chi connectivity index (χ1n) is 10.9. The van der Waals surface area contributed by atoms with Crippen LogP contribution in [0.5, 0.6) is 0 Å². The number of hydrogen-bond donors (Lipinski definition) is 2. The molecule has 0 aromatic heterocycles. The predicted molar refractivity (Wildman–Crippen MR) is 112 cm³/mol. The van der Waals surface area contributed by atoms with Gasteiger partial charge >= 0.3 is 12.2 Å². The molecule has 2 aliphatic rings. The summed E-state index contributed by atoms with van der Waals surface area (Å²) < 4.78 is 37.9. The fraction of sp³-hybridized carbons (Fsp3) is 0.609. The molecule has 6 nitrogen and oxygen atoms in total. The number of alkyl halides is 3. The van der Waals surface area contributed by atoms with Crippen LogP contribution in [0.2, 0.25) is 0 Å². The van der Waals surface area contributed by atoms with Crippen LogP contribution in [0, 0.1) is 11.3 Å². The average molecular weight is 454 g/mol. The summed E-state index contributed by atoms with van der Waals surface area (Å²) in [5.41, 5.74) is -1.05. The maximum atomic E-state index is 13.0. The molecule has 1 aromatic rings. The Labute approximate surface area is 185 Å². The van der Waals surface area contributed by atoms with Crippen LogP contribution in [-0.4, -0.2) is 34.8 Å². The van der Waals surface area contributed by atoms with E-state index in [4.69, 9.17) is 0 Å². The van der Waals surface area contributed by atoms with Gasteiger partial charge in [-0.1, -0.05) is 39.3 Å². The molecular weight excluding hydrogens is 423 g/mol. The zero-order valence-corrected chi connectivity index (χ0v) is 18.6. The summed E-state index contributed by atoms with van der Waals surface area (Å²) in [6.07, 6.45) is -0.616.